The largest absolute Gasteiger partial charge is 0.497 e. The molecule has 1 aromatic heterocycles. The van der Waals surface area contributed by atoms with Gasteiger partial charge in [0, 0.05) is 11.5 Å². The zero-order valence-electron chi connectivity index (χ0n) is 16.7. The third-order valence-corrected chi connectivity index (χ3v) is 4.55. The fourth-order valence-corrected chi connectivity index (χ4v) is 3.12. The molecular formula is C22H22N2O5. The number of esters is 1. The summed E-state index contributed by atoms with van der Waals surface area (Å²) in [5, 5.41) is 3.54. The molecule has 0 radical (unpaired) electrons. The van der Waals surface area contributed by atoms with Gasteiger partial charge in [-0.25, -0.2) is 4.79 Å². The lowest BCUT2D eigenvalue weighted by molar-refractivity contribution is -0.119. The first kappa shape index (κ1) is 20.1. The number of para-hydroxylation sites is 1. The van der Waals surface area contributed by atoms with E-state index in [1.165, 1.54) is 14.2 Å². The van der Waals surface area contributed by atoms with Gasteiger partial charge in [-0.3, -0.25) is 9.78 Å². The molecule has 0 spiro atoms. The molecule has 0 bridgehead atoms. The van der Waals surface area contributed by atoms with Crippen molar-refractivity contribution in [3.63, 3.8) is 0 Å². The number of amides is 1. The van der Waals surface area contributed by atoms with Gasteiger partial charge < -0.3 is 19.5 Å². The van der Waals surface area contributed by atoms with Crippen LogP contribution in [0.1, 0.15) is 21.6 Å². The lowest BCUT2D eigenvalue weighted by atomic mass is 10.0. The molecule has 0 unspecified atom stereocenters. The predicted octanol–water partition coefficient (Wildman–Crippen LogP) is 3.66. The van der Waals surface area contributed by atoms with Crippen LogP contribution in [0.4, 0.5) is 5.69 Å². The van der Waals surface area contributed by atoms with E-state index in [0.29, 0.717) is 28.4 Å². The van der Waals surface area contributed by atoms with Crippen LogP contribution in [0.2, 0.25) is 0 Å². The van der Waals surface area contributed by atoms with Crippen LogP contribution in [-0.4, -0.2) is 37.7 Å². The standard InChI is InChI=1S/C22H22N2O5/c1-13-16-7-5-6-8-17(16)23-14(2)21(13)22(26)29-12-20(25)24-18-10-9-15(27-3)11-19(18)28-4/h5-11H,12H2,1-4H3,(H,24,25). The van der Waals surface area contributed by atoms with E-state index in [1.54, 1.807) is 25.1 Å². The number of pyridine rings is 1. The topological polar surface area (TPSA) is 86.8 Å². The number of hydrogen-bond donors (Lipinski definition) is 1. The molecule has 0 atom stereocenters. The van der Waals surface area contributed by atoms with Crippen molar-refractivity contribution in [2.24, 2.45) is 0 Å². The summed E-state index contributed by atoms with van der Waals surface area (Å²) in [4.78, 5) is 29.3. The molecule has 0 saturated carbocycles. The maximum absolute atomic E-state index is 12.6. The minimum Gasteiger partial charge on any atom is -0.497 e. The maximum atomic E-state index is 12.6. The zero-order valence-corrected chi connectivity index (χ0v) is 16.7. The number of aromatic nitrogens is 1. The molecule has 3 rings (SSSR count). The van der Waals surface area contributed by atoms with Crippen molar-refractivity contribution < 1.29 is 23.8 Å². The molecule has 0 saturated heterocycles. The van der Waals surface area contributed by atoms with Gasteiger partial charge >= 0.3 is 5.97 Å². The van der Waals surface area contributed by atoms with Crippen LogP contribution in [-0.2, 0) is 9.53 Å². The molecule has 7 nitrogen and oxygen atoms in total. The van der Waals surface area contributed by atoms with Gasteiger partial charge in [-0.15, -0.1) is 0 Å². The van der Waals surface area contributed by atoms with E-state index in [0.717, 1.165) is 16.5 Å². The Balaban J connectivity index is 1.71. The van der Waals surface area contributed by atoms with Gasteiger partial charge in [0.1, 0.15) is 11.5 Å². The number of nitrogens with zero attached hydrogens (tertiary/aromatic N) is 1. The van der Waals surface area contributed by atoms with Crippen molar-refractivity contribution in [3.05, 3.63) is 59.3 Å². The average molecular weight is 394 g/mol. The minimum absolute atomic E-state index is 0.374. The highest BCUT2D eigenvalue weighted by Gasteiger charge is 2.19. The molecule has 29 heavy (non-hydrogen) atoms. The molecular weight excluding hydrogens is 372 g/mol. The van der Waals surface area contributed by atoms with Gasteiger partial charge in [-0.2, -0.15) is 0 Å². The SMILES string of the molecule is COc1ccc(NC(=O)COC(=O)c2c(C)nc3ccccc3c2C)c(OC)c1. The number of rotatable bonds is 6. The Morgan fingerprint density at radius 3 is 2.52 bits per heavy atom. The van der Waals surface area contributed by atoms with Crippen molar-refractivity contribution in [3.8, 4) is 11.5 Å². The number of aryl methyl sites for hydroxylation is 2. The highest BCUT2D eigenvalue weighted by atomic mass is 16.5. The number of hydrogen-bond acceptors (Lipinski definition) is 6. The normalized spacial score (nSPS) is 10.5. The van der Waals surface area contributed by atoms with Crippen molar-refractivity contribution >= 4 is 28.5 Å². The van der Waals surface area contributed by atoms with Crippen LogP contribution in [0.5, 0.6) is 11.5 Å². The van der Waals surface area contributed by atoms with E-state index in [9.17, 15) is 9.59 Å². The second-order valence-corrected chi connectivity index (χ2v) is 6.40. The van der Waals surface area contributed by atoms with Crippen molar-refractivity contribution in [2.75, 3.05) is 26.1 Å². The number of benzene rings is 2. The molecule has 1 heterocycles. The molecule has 1 N–H and O–H groups in total. The molecule has 1 amide bonds. The van der Waals surface area contributed by atoms with E-state index >= 15 is 0 Å². The number of carbonyl (C=O) groups is 2. The van der Waals surface area contributed by atoms with E-state index < -0.39 is 18.5 Å². The summed E-state index contributed by atoms with van der Waals surface area (Å²) in [6.45, 7) is 3.16. The van der Waals surface area contributed by atoms with Crippen molar-refractivity contribution in [2.45, 2.75) is 13.8 Å². The quantitative estimate of drug-likeness (QED) is 0.642. The Morgan fingerprint density at radius 2 is 1.79 bits per heavy atom. The summed E-state index contributed by atoms with van der Waals surface area (Å²) >= 11 is 0. The zero-order chi connectivity index (χ0) is 21.0. The first-order valence-electron chi connectivity index (χ1n) is 8.99. The van der Waals surface area contributed by atoms with Crippen LogP contribution in [0.25, 0.3) is 10.9 Å². The Kier molecular flexibility index (Phi) is 5.97. The number of fused-ring (bicyclic) bond motifs is 1. The summed E-state index contributed by atoms with van der Waals surface area (Å²) in [6, 6.07) is 12.6. The summed E-state index contributed by atoms with van der Waals surface area (Å²) in [5.41, 5.74) is 2.97. The second-order valence-electron chi connectivity index (χ2n) is 6.40. The predicted molar refractivity (Wildman–Crippen MR) is 110 cm³/mol. The van der Waals surface area contributed by atoms with E-state index in [1.807, 2.05) is 31.2 Å². The van der Waals surface area contributed by atoms with Crippen LogP contribution in [0.15, 0.2) is 42.5 Å². The minimum atomic E-state index is -0.588. The third kappa shape index (κ3) is 4.29. The van der Waals surface area contributed by atoms with Gasteiger partial charge in [0.05, 0.1) is 36.7 Å². The molecule has 7 heteroatoms. The van der Waals surface area contributed by atoms with Crippen LogP contribution in [0.3, 0.4) is 0 Å². The number of ether oxygens (including phenoxy) is 3. The molecule has 0 aliphatic heterocycles. The summed E-state index contributed by atoms with van der Waals surface area (Å²) in [6.07, 6.45) is 0. The fourth-order valence-electron chi connectivity index (χ4n) is 3.12. The first-order chi connectivity index (χ1) is 13.9. The van der Waals surface area contributed by atoms with Crippen LogP contribution in [0, 0.1) is 13.8 Å². The number of methoxy groups -OCH3 is 2. The van der Waals surface area contributed by atoms with Gasteiger partial charge in [-0.05, 0) is 37.6 Å². The number of nitrogens with one attached hydrogen (secondary N) is 1. The highest BCUT2D eigenvalue weighted by molar-refractivity contribution is 6.00. The molecule has 3 aromatic rings. The van der Waals surface area contributed by atoms with Gasteiger partial charge in [0.15, 0.2) is 6.61 Å². The molecule has 0 fully saturated rings. The molecule has 150 valence electrons. The van der Waals surface area contributed by atoms with Gasteiger partial charge in [0.2, 0.25) is 0 Å². The summed E-state index contributed by atoms with van der Waals surface area (Å²) in [5.74, 6) is -0.0311. The Labute approximate surface area is 168 Å². The van der Waals surface area contributed by atoms with E-state index in [2.05, 4.69) is 10.3 Å². The average Bonchev–Trinajstić information content (AvgIpc) is 2.72. The monoisotopic (exact) mass is 394 g/mol. The Morgan fingerprint density at radius 1 is 1.03 bits per heavy atom. The van der Waals surface area contributed by atoms with E-state index in [-0.39, 0.29) is 0 Å². The van der Waals surface area contributed by atoms with Crippen LogP contribution >= 0.6 is 0 Å². The third-order valence-electron chi connectivity index (χ3n) is 4.55. The maximum Gasteiger partial charge on any atom is 0.340 e. The first-order valence-corrected chi connectivity index (χ1v) is 8.99. The van der Waals surface area contributed by atoms with Gasteiger partial charge in [0.25, 0.3) is 5.91 Å². The lowest BCUT2D eigenvalue weighted by Gasteiger charge is -2.13. The lowest BCUT2D eigenvalue weighted by Crippen LogP contribution is -2.22. The highest BCUT2D eigenvalue weighted by Crippen LogP contribution is 2.29. The van der Waals surface area contributed by atoms with Gasteiger partial charge in [-0.1, -0.05) is 18.2 Å². The van der Waals surface area contributed by atoms with Crippen molar-refractivity contribution in [1.29, 1.82) is 0 Å². The fraction of sp³-hybridized carbons (Fsp3) is 0.227. The molecule has 0 aliphatic rings. The Hall–Kier alpha value is -3.61. The number of anilines is 1. The molecule has 2 aromatic carbocycles. The smallest absolute Gasteiger partial charge is 0.340 e. The second kappa shape index (κ2) is 8.60. The number of carbonyl (C=O) groups excluding carboxylic acids is 2. The van der Waals surface area contributed by atoms with Crippen molar-refractivity contribution in [1.82, 2.24) is 4.98 Å². The summed E-state index contributed by atoms with van der Waals surface area (Å²) in [7, 11) is 3.03. The Bertz CT molecular complexity index is 1080. The van der Waals surface area contributed by atoms with Crippen LogP contribution < -0.4 is 14.8 Å². The molecule has 0 aliphatic carbocycles. The summed E-state index contributed by atoms with van der Waals surface area (Å²) < 4.78 is 15.6. The van der Waals surface area contributed by atoms with E-state index in [4.69, 9.17) is 14.2 Å².